The minimum atomic E-state index is 0.622. The van der Waals surface area contributed by atoms with Crippen LogP contribution in [-0.4, -0.2) is 18.1 Å². The van der Waals surface area contributed by atoms with Crippen molar-refractivity contribution in [2.45, 2.75) is 19.3 Å². The van der Waals surface area contributed by atoms with E-state index in [0.717, 1.165) is 19.0 Å². The minimum Gasteiger partial charge on any atom is -0.477 e. The van der Waals surface area contributed by atoms with Crippen molar-refractivity contribution in [3.8, 4) is 5.88 Å². The Hall–Kier alpha value is -1.09. The SMILES string of the molecule is NCC1CCCC1COc1ccccn1. The molecular weight excluding hydrogens is 188 g/mol. The summed E-state index contributed by atoms with van der Waals surface area (Å²) in [7, 11) is 0. The predicted octanol–water partition coefficient (Wildman–Crippen LogP) is 1.84. The molecule has 1 fully saturated rings. The summed E-state index contributed by atoms with van der Waals surface area (Å²) in [6.07, 6.45) is 5.55. The monoisotopic (exact) mass is 206 g/mol. The number of nitrogens with zero attached hydrogens (tertiary/aromatic N) is 1. The van der Waals surface area contributed by atoms with Crippen molar-refractivity contribution in [3.63, 3.8) is 0 Å². The fraction of sp³-hybridized carbons (Fsp3) is 0.583. The molecule has 1 aliphatic rings. The molecule has 1 aromatic heterocycles. The molecule has 2 N–H and O–H groups in total. The Labute approximate surface area is 90.7 Å². The maximum absolute atomic E-state index is 5.72. The van der Waals surface area contributed by atoms with Crippen molar-refractivity contribution in [1.82, 2.24) is 4.98 Å². The van der Waals surface area contributed by atoms with E-state index in [2.05, 4.69) is 4.98 Å². The molecule has 1 aliphatic carbocycles. The number of hydrogen-bond donors (Lipinski definition) is 1. The summed E-state index contributed by atoms with van der Waals surface area (Å²) in [5.74, 6) is 1.99. The summed E-state index contributed by atoms with van der Waals surface area (Å²) in [5, 5.41) is 0. The molecule has 1 heterocycles. The zero-order valence-electron chi connectivity index (χ0n) is 8.93. The Morgan fingerprint density at radius 1 is 1.33 bits per heavy atom. The Morgan fingerprint density at radius 2 is 2.20 bits per heavy atom. The topological polar surface area (TPSA) is 48.1 Å². The standard InChI is InChI=1S/C12H18N2O/c13-8-10-4-3-5-11(10)9-15-12-6-1-2-7-14-12/h1-2,6-7,10-11H,3-5,8-9,13H2. The number of pyridine rings is 1. The van der Waals surface area contributed by atoms with Crippen LogP contribution in [-0.2, 0) is 0 Å². The summed E-state index contributed by atoms with van der Waals surface area (Å²) in [6.45, 7) is 1.55. The van der Waals surface area contributed by atoms with Gasteiger partial charge in [-0.2, -0.15) is 0 Å². The van der Waals surface area contributed by atoms with Crippen LogP contribution < -0.4 is 10.5 Å². The summed E-state index contributed by atoms with van der Waals surface area (Å²) in [6, 6.07) is 5.73. The summed E-state index contributed by atoms with van der Waals surface area (Å²) in [4.78, 5) is 4.14. The first-order valence-corrected chi connectivity index (χ1v) is 5.64. The second kappa shape index (κ2) is 5.12. The average molecular weight is 206 g/mol. The number of ether oxygens (including phenoxy) is 1. The number of hydrogen-bond acceptors (Lipinski definition) is 3. The third-order valence-corrected chi connectivity index (χ3v) is 3.20. The van der Waals surface area contributed by atoms with Crippen molar-refractivity contribution in [3.05, 3.63) is 24.4 Å². The zero-order chi connectivity index (χ0) is 10.5. The van der Waals surface area contributed by atoms with Crippen LogP contribution >= 0.6 is 0 Å². The molecule has 0 amide bonds. The lowest BCUT2D eigenvalue weighted by atomic mass is 9.97. The lowest BCUT2D eigenvalue weighted by molar-refractivity contribution is 0.210. The molecule has 3 heteroatoms. The van der Waals surface area contributed by atoms with Gasteiger partial charge in [0.2, 0.25) is 5.88 Å². The summed E-state index contributed by atoms with van der Waals surface area (Å²) >= 11 is 0. The second-order valence-electron chi connectivity index (χ2n) is 4.17. The maximum atomic E-state index is 5.72. The fourth-order valence-electron chi connectivity index (χ4n) is 2.27. The number of rotatable bonds is 4. The van der Waals surface area contributed by atoms with Gasteiger partial charge in [0, 0.05) is 12.3 Å². The molecule has 0 bridgehead atoms. The van der Waals surface area contributed by atoms with Gasteiger partial charge in [-0.15, -0.1) is 0 Å². The first-order chi connectivity index (χ1) is 7.40. The molecule has 3 nitrogen and oxygen atoms in total. The molecule has 2 atom stereocenters. The lowest BCUT2D eigenvalue weighted by Gasteiger charge is -2.17. The highest BCUT2D eigenvalue weighted by Gasteiger charge is 2.26. The maximum Gasteiger partial charge on any atom is 0.213 e. The quantitative estimate of drug-likeness (QED) is 0.817. The molecule has 0 radical (unpaired) electrons. The van der Waals surface area contributed by atoms with Crippen LogP contribution in [0.3, 0.4) is 0 Å². The van der Waals surface area contributed by atoms with E-state index in [1.807, 2.05) is 18.2 Å². The first kappa shape index (κ1) is 10.4. The Bertz CT molecular complexity index is 289. The second-order valence-corrected chi connectivity index (χ2v) is 4.17. The summed E-state index contributed by atoms with van der Waals surface area (Å²) < 4.78 is 5.66. The molecule has 15 heavy (non-hydrogen) atoms. The normalized spacial score (nSPS) is 25.4. The number of nitrogens with two attached hydrogens (primary N) is 1. The van der Waals surface area contributed by atoms with Gasteiger partial charge in [0.25, 0.3) is 0 Å². The van der Waals surface area contributed by atoms with Crippen molar-refractivity contribution >= 4 is 0 Å². The third kappa shape index (κ3) is 2.69. The van der Waals surface area contributed by atoms with Crippen LogP contribution in [0, 0.1) is 11.8 Å². The molecule has 0 spiro atoms. The van der Waals surface area contributed by atoms with Gasteiger partial charge in [0.1, 0.15) is 0 Å². The Kier molecular flexibility index (Phi) is 3.56. The molecule has 2 rings (SSSR count). The zero-order valence-corrected chi connectivity index (χ0v) is 8.93. The van der Waals surface area contributed by atoms with E-state index < -0.39 is 0 Å². The molecule has 0 aromatic carbocycles. The third-order valence-electron chi connectivity index (χ3n) is 3.20. The van der Waals surface area contributed by atoms with E-state index in [9.17, 15) is 0 Å². The van der Waals surface area contributed by atoms with Gasteiger partial charge in [-0.25, -0.2) is 4.98 Å². The van der Waals surface area contributed by atoms with Gasteiger partial charge in [-0.3, -0.25) is 0 Å². The molecule has 0 aliphatic heterocycles. The van der Waals surface area contributed by atoms with Gasteiger partial charge >= 0.3 is 0 Å². The van der Waals surface area contributed by atoms with Crippen LogP contribution in [0.2, 0.25) is 0 Å². The minimum absolute atomic E-state index is 0.622. The van der Waals surface area contributed by atoms with Gasteiger partial charge in [0.05, 0.1) is 6.61 Å². The van der Waals surface area contributed by atoms with E-state index >= 15 is 0 Å². The van der Waals surface area contributed by atoms with Crippen LogP contribution in [0.25, 0.3) is 0 Å². The largest absolute Gasteiger partial charge is 0.477 e. The van der Waals surface area contributed by atoms with E-state index in [1.165, 1.54) is 19.3 Å². The van der Waals surface area contributed by atoms with E-state index in [0.29, 0.717) is 11.8 Å². The van der Waals surface area contributed by atoms with Gasteiger partial charge in [-0.1, -0.05) is 12.5 Å². The predicted molar refractivity (Wildman–Crippen MR) is 59.6 cm³/mol. The van der Waals surface area contributed by atoms with Gasteiger partial charge in [-0.05, 0) is 37.3 Å². The van der Waals surface area contributed by atoms with Crippen LogP contribution in [0.15, 0.2) is 24.4 Å². The van der Waals surface area contributed by atoms with Crippen molar-refractivity contribution < 1.29 is 4.74 Å². The molecule has 1 saturated carbocycles. The Morgan fingerprint density at radius 3 is 2.93 bits per heavy atom. The fourth-order valence-corrected chi connectivity index (χ4v) is 2.27. The molecule has 0 saturated heterocycles. The van der Waals surface area contributed by atoms with Crippen molar-refractivity contribution in [2.24, 2.45) is 17.6 Å². The first-order valence-electron chi connectivity index (χ1n) is 5.64. The molecule has 1 aromatic rings. The van der Waals surface area contributed by atoms with Crippen LogP contribution in [0.5, 0.6) is 5.88 Å². The molecule has 82 valence electrons. The highest BCUT2D eigenvalue weighted by atomic mass is 16.5. The van der Waals surface area contributed by atoms with E-state index in [4.69, 9.17) is 10.5 Å². The summed E-state index contributed by atoms with van der Waals surface area (Å²) in [5.41, 5.74) is 5.72. The van der Waals surface area contributed by atoms with E-state index in [-0.39, 0.29) is 0 Å². The van der Waals surface area contributed by atoms with Crippen molar-refractivity contribution in [2.75, 3.05) is 13.2 Å². The lowest BCUT2D eigenvalue weighted by Crippen LogP contribution is -2.23. The molecular formula is C12H18N2O. The molecule has 2 unspecified atom stereocenters. The Balaban J connectivity index is 1.83. The van der Waals surface area contributed by atoms with Crippen LogP contribution in [0.4, 0.5) is 0 Å². The smallest absolute Gasteiger partial charge is 0.213 e. The van der Waals surface area contributed by atoms with Crippen molar-refractivity contribution in [1.29, 1.82) is 0 Å². The average Bonchev–Trinajstić information content (AvgIpc) is 2.75. The van der Waals surface area contributed by atoms with Crippen LogP contribution in [0.1, 0.15) is 19.3 Å². The van der Waals surface area contributed by atoms with E-state index in [1.54, 1.807) is 6.20 Å². The number of aromatic nitrogens is 1. The highest BCUT2D eigenvalue weighted by molar-refractivity contribution is 5.09. The van der Waals surface area contributed by atoms with Gasteiger partial charge < -0.3 is 10.5 Å². The highest BCUT2D eigenvalue weighted by Crippen LogP contribution is 2.31. The van der Waals surface area contributed by atoms with Gasteiger partial charge in [0.15, 0.2) is 0 Å².